The molecular formula is C11H8N2O3. The number of carboxylic acids is 1. The molecule has 2 aromatic heterocycles. The second-order valence-corrected chi connectivity index (χ2v) is 3.21. The minimum Gasteiger partial charge on any atom is -0.475 e. The number of hydrogen-bond acceptors (Lipinski definition) is 3. The molecule has 1 N–H and O–H groups in total. The highest BCUT2D eigenvalue weighted by Crippen LogP contribution is 2.13. The molecular weight excluding hydrogens is 208 g/mol. The molecule has 80 valence electrons. The number of hydrogen-bond donors (Lipinski definition) is 1. The number of furan rings is 1. The highest BCUT2D eigenvalue weighted by atomic mass is 16.4. The molecule has 0 amide bonds. The average molecular weight is 216 g/mol. The number of aromatic carboxylic acids is 1. The highest BCUT2D eigenvalue weighted by Gasteiger charge is 2.14. The van der Waals surface area contributed by atoms with Crippen LogP contribution < -0.4 is 0 Å². The molecule has 0 aromatic carbocycles. The fraction of sp³-hybridized carbons (Fsp3) is 0.0909. The lowest BCUT2D eigenvalue weighted by Crippen LogP contribution is -2.05. The van der Waals surface area contributed by atoms with E-state index in [2.05, 4.69) is 0 Å². The maximum absolute atomic E-state index is 10.8. The molecule has 0 radical (unpaired) electrons. The van der Waals surface area contributed by atoms with E-state index in [0.717, 1.165) is 0 Å². The summed E-state index contributed by atoms with van der Waals surface area (Å²) >= 11 is 0. The molecule has 5 nitrogen and oxygen atoms in total. The Bertz CT molecular complexity index is 560. The highest BCUT2D eigenvalue weighted by molar-refractivity contribution is 5.86. The summed E-state index contributed by atoms with van der Waals surface area (Å²) in [4.78, 5) is 10.8. The van der Waals surface area contributed by atoms with Crippen molar-refractivity contribution in [3.8, 4) is 6.07 Å². The van der Waals surface area contributed by atoms with Crippen molar-refractivity contribution in [3.63, 3.8) is 0 Å². The summed E-state index contributed by atoms with van der Waals surface area (Å²) in [6.45, 7) is 0.314. The lowest BCUT2D eigenvalue weighted by atomic mass is 10.2. The van der Waals surface area contributed by atoms with Gasteiger partial charge in [-0.1, -0.05) is 0 Å². The van der Waals surface area contributed by atoms with Gasteiger partial charge in [0.15, 0.2) is 0 Å². The van der Waals surface area contributed by atoms with Crippen molar-refractivity contribution in [1.82, 2.24) is 4.57 Å². The van der Waals surface area contributed by atoms with Crippen LogP contribution in [0, 0.1) is 11.3 Å². The molecule has 5 heteroatoms. The van der Waals surface area contributed by atoms with Crippen molar-refractivity contribution in [2.45, 2.75) is 6.54 Å². The molecule has 2 rings (SSSR count). The van der Waals surface area contributed by atoms with Gasteiger partial charge in [-0.25, -0.2) is 4.79 Å². The predicted octanol–water partition coefficient (Wildman–Crippen LogP) is 1.70. The summed E-state index contributed by atoms with van der Waals surface area (Å²) in [5.74, 6) is -1.19. The standard InChI is InChI=1S/C11H8N2O3/c12-6-9-2-1-4-13(9)7-8-3-5-16-10(8)11(14)15/h1-5H,7H2,(H,14,15). The normalized spacial score (nSPS) is 9.94. The SMILES string of the molecule is N#Cc1cccn1Cc1ccoc1C(=O)O. The first-order valence-electron chi connectivity index (χ1n) is 4.57. The minimum absolute atomic E-state index is 0.0856. The third-order valence-electron chi connectivity index (χ3n) is 2.23. The van der Waals surface area contributed by atoms with E-state index in [0.29, 0.717) is 17.8 Å². The van der Waals surface area contributed by atoms with Crippen LogP contribution in [0.1, 0.15) is 21.8 Å². The van der Waals surface area contributed by atoms with Crippen molar-refractivity contribution in [2.24, 2.45) is 0 Å². The first-order chi connectivity index (χ1) is 7.72. The van der Waals surface area contributed by atoms with E-state index in [1.807, 2.05) is 6.07 Å². The second kappa shape index (κ2) is 3.95. The van der Waals surface area contributed by atoms with E-state index < -0.39 is 5.97 Å². The molecule has 0 bridgehead atoms. The molecule has 0 saturated carbocycles. The monoisotopic (exact) mass is 216 g/mol. The van der Waals surface area contributed by atoms with Gasteiger partial charge < -0.3 is 14.1 Å². The van der Waals surface area contributed by atoms with Crippen LogP contribution in [0.25, 0.3) is 0 Å². The lowest BCUT2D eigenvalue weighted by molar-refractivity contribution is 0.0660. The topological polar surface area (TPSA) is 79.2 Å². The summed E-state index contributed by atoms with van der Waals surface area (Å²) in [6.07, 6.45) is 3.05. The molecule has 0 fully saturated rings. The number of nitriles is 1. The van der Waals surface area contributed by atoms with Gasteiger partial charge in [-0.05, 0) is 18.2 Å². The fourth-order valence-corrected chi connectivity index (χ4v) is 1.48. The summed E-state index contributed by atoms with van der Waals surface area (Å²) in [6, 6.07) is 7.01. The van der Waals surface area contributed by atoms with Gasteiger partial charge in [0.05, 0.1) is 12.8 Å². The van der Waals surface area contributed by atoms with Crippen molar-refractivity contribution in [2.75, 3.05) is 0 Å². The van der Waals surface area contributed by atoms with Crippen molar-refractivity contribution >= 4 is 5.97 Å². The summed E-state index contributed by atoms with van der Waals surface area (Å²) in [7, 11) is 0. The van der Waals surface area contributed by atoms with E-state index >= 15 is 0 Å². The zero-order valence-corrected chi connectivity index (χ0v) is 8.25. The Labute approximate surface area is 91.1 Å². The summed E-state index contributed by atoms with van der Waals surface area (Å²) in [5, 5.41) is 17.6. The van der Waals surface area contributed by atoms with Crippen LogP contribution in [0.15, 0.2) is 35.1 Å². The van der Waals surface area contributed by atoms with Gasteiger partial charge in [-0.2, -0.15) is 5.26 Å². The molecule has 0 aliphatic carbocycles. The largest absolute Gasteiger partial charge is 0.475 e. The number of nitrogens with zero attached hydrogens (tertiary/aromatic N) is 2. The number of aromatic nitrogens is 1. The van der Waals surface area contributed by atoms with Crippen LogP contribution >= 0.6 is 0 Å². The molecule has 0 spiro atoms. The van der Waals surface area contributed by atoms with Crippen molar-refractivity contribution < 1.29 is 14.3 Å². The van der Waals surface area contributed by atoms with Crippen LogP contribution in [0.3, 0.4) is 0 Å². The van der Waals surface area contributed by atoms with Gasteiger partial charge in [0.1, 0.15) is 11.8 Å². The Morgan fingerprint density at radius 1 is 1.56 bits per heavy atom. The zero-order valence-electron chi connectivity index (χ0n) is 8.25. The smallest absolute Gasteiger partial charge is 0.372 e. The number of carboxylic acid groups (broad SMARTS) is 1. The Kier molecular flexibility index (Phi) is 2.48. The van der Waals surface area contributed by atoms with Gasteiger partial charge in [-0.3, -0.25) is 0 Å². The molecule has 0 aliphatic heterocycles. The molecule has 0 unspecified atom stereocenters. The number of rotatable bonds is 3. The minimum atomic E-state index is -1.11. The van der Waals surface area contributed by atoms with Crippen LogP contribution in [0.4, 0.5) is 0 Å². The fourth-order valence-electron chi connectivity index (χ4n) is 1.48. The van der Waals surface area contributed by atoms with Crippen LogP contribution in [-0.4, -0.2) is 15.6 Å². The third-order valence-corrected chi connectivity index (χ3v) is 2.23. The van der Waals surface area contributed by atoms with Crippen LogP contribution in [0.2, 0.25) is 0 Å². The first-order valence-corrected chi connectivity index (χ1v) is 4.57. The summed E-state index contributed by atoms with van der Waals surface area (Å²) < 4.78 is 6.52. The van der Waals surface area contributed by atoms with Crippen molar-refractivity contribution in [3.05, 3.63) is 47.7 Å². The first kappa shape index (κ1) is 10.1. The molecule has 2 heterocycles. The Morgan fingerprint density at radius 2 is 2.38 bits per heavy atom. The predicted molar refractivity (Wildman–Crippen MR) is 53.9 cm³/mol. The van der Waals surface area contributed by atoms with E-state index in [1.165, 1.54) is 6.26 Å². The van der Waals surface area contributed by atoms with E-state index in [9.17, 15) is 4.79 Å². The maximum atomic E-state index is 10.8. The van der Waals surface area contributed by atoms with Crippen molar-refractivity contribution in [1.29, 1.82) is 5.26 Å². The molecule has 16 heavy (non-hydrogen) atoms. The van der Waals surface area contributed by atoms with Crippen LogP contribution in [0.5, 0.6) is 0 Å². The van der Waals surface area contributed by atoms with E-state index in [-0.39, 0.29) is 5.76 Å². The Morgan fingerprint density at radius 3 is 3.06 bits per heavy atom. The van der Waals surface area contributed by atoms with Crippen LogP contribution in [-0.2, 0) is 6.54 Å². The Balaban J connectivity index is 2.31. The molecule has 0 atom stereocenters. The quantitative estimate of drug-likeness (QED) is 0.846. The molecule has 0 aliphatic rings. The third kappa shape index (κ3) is 1.68. The maximum Gasteiger partial charge on any atom is 0.372 e. The van der Waals surface area contributed by atoms with Gasteiger partial charge >= 0.3 is 5.97 Å². The van der Waals surface area contributed by atoms with Gasteiger partial charge in [0.25, 0.3) is 0 Å². The Hall–Kier alpha value is -2.48. The second-order valence-electron chi connectivity index (χ2n) is 3.21. The summed E-state index contributed by atoms with van der Waals surface area (Å²) in [5.41, 5.74) is 1.03. The number of carbonyl (C=O) groups is 1. The average Bonchev–Trinajstić information content (AvgIpc) is 2.86. The molecule has 0 saturated heterocycles. The van der Waals surface area contributed by atoms with Gasteiger partial charge in [-0.15, -0.1) is 0 Å². The van der Waals surface area contributed by atoms with Gasteiger partial charge in [0.2, 0.25) is 5.76 Å². The lowest BCUT2D eigenvalue weighted by Gasteiger charge is -2.02. The zero-order chi connectivity index (χ0) is 11.5. The van der Waals surface area contributed by atoms with E-state index in [4.69, 9.17) is 14.8 Å². The molecule has 2 aromatic rings. The van der Waals surface area contributed by atoms with E-state index in [1.54, 1.807) is 29.0 Å². The van der Waals surface area contributed by atoms with Gasteiger partial charge in [0, 0.05) is 11.8 Å².